The highest BCUT2D eigenvalue weighted by Gasteiger charge is 2.37. The largest absolute Gasteiger partial charge is 0.481 e. The summed E-state index contributed by atoms with van der Waals surface area (Å²) < 4.78 is 5.12. The van der Waals surface area contributed by atoms with Crippen molar-refractivity contribution in [1.82, 2.24) is 9.80 Å². The van der Waals surface area contributed by atoms with E-state index in [2.05, 4.69) is 0 Å². The SMILES string of the molecule is CN1C(=O)C(=Cc2ccccc2OCC(=O)O)C(=O)N(C)C1=O. The van der Waals surface area contributed by atoms with E-state index in [0.29, 0.717) is 5.56 Å². The number of imide groups is 2. The van der Waals surface area contributed by atoms with Crippen molar-refractivity contribution in [2.45, 2.75) is 0 Å². The molecule has 4 amide bonds. The molecule has 0 saturated carbocycles. The Morgan fingerprint density at radius 1 is 1.13 bits per heavy atom. The molecule has 1 aliphatic rings. The van der Waals surface area contributed by atoms with Crippen LogP contribution in [0.4, 0.5) is 4.79 Å². The highest BCUT2D eigenvalue weighted by Crippen LogP contribution is 2.24. The minimum atomic E-state index is -1.15. The van der Waals surface area contributed by atoms with Crippen molar-refractivity contribution in [3.8, 4) is 5.75 Å². The van der Waals surface area contributed by atoms with Crippen LogP contribution in [0.1, 0.15) is 5.56 Å². The molecular weight excluding hydrogens is 304 g/mol. The summed E-state index contributed by atoms with van der Waals surface area (Å²) in [5.41, 5.74) is 0.155. The monoisotopic (exact) mass is 318 g/mol. The van der Waals surface area contributed by atoms with Gasteiger partial charge in [0.1, 0.15) is 11.3 Å². The van der Waals surface area contributed by atoms with Crippen molar-refractivity contribution in [3.05, 3.63) is 35.4 Å². The van der Waals surface area contributed by atoms with Gasteiger partial charge in [-0.1, -0.05) is 18.2 Å². The number of carbonyl (C=O) groups is 4. The maximum atomic E-state index is 12.1. The van der Waals surface area contributed by atoms with Gasteiger partial charge in [-0.2, -0.15) is 0 Å². The highest BCUT2D eigenvalue weighted by atomic mass is 16.5. The van der Waals surface area contributed by atoms with Crippen LogP contribution < -0.4 is 4.74 Å². The van der Waals surface area contributed by atoms with Gasteiger partial charge in [0.25, 0.3) is 11.8 Å². The van der Waals surface area contributed by atoms with Gasteiger partial charge >= 0.3 is 12.0 Å². The molecule has 1 aromatic rings. The lowest BCUT2D eigenvalue weighted by Gasteiger charge is -2.28. The molecule has 0 aliphatic carbocycles. The molecule has 0 unspecified atom stereocenters. The summed E-state index contributed by atoms with van der Waals surface area (Å²) in [6, 6.07) is 5.65. The third kappa shape index (κ3) is 3.20. The zero-order valence-electron chi connectivity index (χ0n) is 12.5. The zero-order chi connectivity index (χ0) is 17.1. The molecule has 1 heterocycles. The molecule has 0 atom stereocenters. The zero-order valence-corrected chi connectivity index (χ0v) is 12.5. The van der Waals surface area contributed by atoms with Crippen LogP contribution in [0.5, 0.6) is 5.75 Å². The fourth-order valence-electron chi connectivity index (χ4n) is 2.00. The Balaban J connectivity index is 2.41. The number of nitrogens with zero attached hydrogens (tertiary/aromatic N) is 2. The second-order valence-electron chi connectivity index (χ2n) is 4.79. The van der Waals surface area contributed by atoms with Gasteiger partial charge in [-0.15, -0.1) is 0 Å². The smallest absolute Gasteiger partial charge is 0.341 e. The number of hydrogen-bond donors (Lipinski definition) is 1. The number of carboxylic acid groups (broad SMARTS) is 1. The Kier molecular flexibility index (Phi) is 4.44. The molecule has 0 aromatic heterocycles. The number of carbonyl (C=O) groups excluding carboxylic acids is 3. The molecule has 1 aliphatic heterocycles. The van der Waals surface area contributed by atoms with Gasteiger partial charge in [0, 0.05) is 19.7 Å². The van der Waals surface area contributed by atoms with Gasteiger partial charge in [-0.05, 0) is 12.1 Å². The Labute approximate surface area is 131 Å². The fourth-order valence-corrected chi connectivity index (χ4v) is 2.00. The van der Waals surface area contributed by atoms with Crippen molar-refractivity contribution in [3.63, 3.8) is 0 Å². The van der Waals surface area contributed by atoms with E-state index < -0.39 is 30.4 Å². The number of rotatable bonds is 4. The second-order valence-corrected chi connectivity index (χ2v) is 4.79. The molecule has 1 saturated heterocycles. The van der Waals surface area contributed by atoms with Crippen LogP contribution in [0.3, 0.4) is 0 Å². The summed E-state index contributed by atoms with van der Waals surface area (Å²) in [5.74, 6) is -2.40. The maximum Gasteiger partial charge on any atom is 0.341 e. The highest BCUT2D eigenvalue weighted by molar-refractivity contribution is 6.30. The number of urea groups is 1. The number of likely N-dealkylation sites (N-methyl/N-ethyl adjacent to an activating group) is 2. The van der Waals surface area contributed by atoms with E-state index in [1.807, 2.05) is 0 Å². The van der Waals surface area contributed by atoms with E-state index in [-0.39, 0.29) is 11.3 Å². The molecule has 2 rings (SSSR count). The average Bonchev–Trinajstić information content (AvgIpc) is 2.54. The van der Waals surface area contributed by atoms with Crippen molar-refractivity contribution in [1.29, 1.82) is 0 Å². The first kappa shape index (κ1) is 16.2. The first-order valence-electron chi connectivity index (χ1n) is 6.58. The van der Waals surface area contributed by atoms with Crippen molar-refractivity contribution >= 4 is 29.9 Å². The lowest BCUT2D eigenvalue weighted by Crippen LogP contribution is -2.52. The summed E-state index contributed by atoms with van der Waals surface area (Å²) in [5, 5.41) is 8.67. The molecular formula is C15H14N2O6. The predicted molar refractivity (Wildman–Crippen MR) is 78.5 cm³/mol. The maximum absolute atomic E-state index is 12.1. The topological polar surface area (TPSA) is 104 Å². The second kappa shape index (κ2) is 6.30. The van der Waals surface area contributed by atoms with E-state index in [4.69, 9.17) is 9.84 Å². The van der Waals surface area contributed by atoms with E-state index in [1.54, 1.807) is 18.2 Å². The number of barbiturate groups is 1. The Hall–Kier alpha value is -3.16. The number of benzene rings is 1. The molecule has 0 bridgehead atoms. The van der Waals surface area contributed by atoms with Gasteiger partial charge in [0.2, 0.25) is 0 Å². The molecule has 23 heavy (non-hydrogen) atoms. The molecule has 1 fully saturated rings. The molecule has 8 heteroatoms. The lowest BCUT2D eigenvalue weighted by atomic mass is 10.1. The normalized spacial score (nSPS) is 15.0. The van der Waals surface area contributed by atoms with Crippen LogP contribution in [0.2, 0.25) is 0 Å². The van der Waals surface area contributed by atoms with Crippen LogP contribution in [-0.2, 0) is 14.4 Å². The van der Waals surface area contributed by atoms with Gasteiger partial charge < -0.3 is 9.84 Å². The molecule has 1 aromatic carbocycles. The molecule has 1 N–H and O–H groups in total. The molecule has 0 radical (unpaired) electrons. The summed E-state index contributed by atoms with van der Waals surface area (Å²) in [4.78, 5) is 48.2. The number of para-hydroxylation sites is 1. The van der Waals surface area contributed by atoms with Crippen LogP contribution in [0, 0.1) is 0 Å². The number of aliphatic carboxylic acids is 1. The van der Waals surface area contributed by atoms with Crippen LogP contribution in [0.25, 0.3) is 6.08 Å². The quantitative estimate of drug-likeness (QED) is 0.643. The first-order valence-corrected chi connectivity index (χ1v) is 6.58. The first-order chi connectivity index (χ1) is 10.8. The molecule has 8 nitrogen and oxygen atoms in total. The average molecular weight is 318 g/mol. The van der Waals surface area contributed by atoms with Gasteiger partial charge in [-0.25, -0.2) is 9.59 Å². The third-order valence-corrected chi connectivity index (χ3v) is 3.21. The fraction of sp³-hybridized carbons (Fsp3) is 0.200. The minimum Gasteiger partial charge on any atom is -0.481 e. The van der Waals surface area contributed by atoms with Crippen molar-refractivity contribution in [2.24, 2.45) is 0 Å². The van der Waals surface area contributed by atoms with Crippen LogP contribution in [0.15, 0.2) is 29.8 Å². The lowest BCUT2D eigenvalue weighted by molar-refractivity contribution is -0.139. The van der Waals surface area contributed by atoms with E-state index in [1.165, 1.54) is 26.2 Å². The van der Waals surface area contributed by atoms with Crippen LogP contribution >= 0.6 is 0 Å². The van der Waals surface area contributed by atoms with Gasteiger partial charge in [0.05, 0.1) is 0 Å². The third-order valence-electron chi connectivity index (χ3n) is 3.21. The number of carboxylic acids is 1. The Bertz CT molecular complexity index is 698. The van der Waals surface area contributed by atoms with Crippen molar-refractivity contribution < 1.29 is 29.0 Å². The van der Waals surface area contributed by atoms with Crippen LogP contribution in [-0.4, -0.2) is 59.4 Å². The molecule has 0 spiro atoms. The summed E-state index contributed by atoms with van der Waals surface area (Å²) >= 11 is 0. The predicted octanol–water partition coefficient (Wildman–Crippen LogP) is 0.584. The van der Waals surface area contributed by atoms with E-state index in [9.17, 15) is 19.2 Å². The summed E-state index contributed by atoms with van der Waals surface area (Å²) in [7, 11) is 2.54. The molecule has 120 valence electrons. The van der Waals surface area contributed by atoms with Gasteiger partial charge in [-0.3, -0.25) is 19.4 Å². The number of hydrogen-bond acceptors (Lipinski definition) is 5. The Morgan fingerprint density at radius 3 is 2.26 bits per heavy atom. The van der Waals surface area contributed by atoms with E-state index >= 15 is 0 Å². The number of amides is 4. The summed E-state index contributed by atoms with van der Waals surface area (Å²) in [6.45, 7) is -0.555. The Morgan fingerprint density at radius 2 is 1.70 bits per heavy atom. The minimum absolute atomic E-state index is 0.207. The van der Waals surface area contributed by atoms with Crippen molar-refractivity contribution in [2.75, 3.05) is 20.7 Å². The van der Waals surface area contributed by atoms with E-state index in [0.717, 1.165) is 9.80 Å². The summed E-state index contributed by atoms with van der Waals surface area (Å²) in [6.07, 6.45) is 1.28. The number of ether oxygens (including phenoxy) is 1. The van der Waals surface area contributed by atoms with Gasteiger partial charge in [0.15, 0.2) is 6.61 Å². The standard InChI is InChI=1S/C15H14N2O6/c1-16-13(20)10(14(21)17(2)15(16)22)7-9-5-3-4-6-11(9)23-8-12(18)19/h3-7H,8H2,1-2H3,(H,18,19).